The minimum absolute atomic E-state index is 0.102. The summed E-state index contributed by atoms with van der Waals surface area (Å²) >= 11 is 4.77. The van der Waals surface area contributed by atoms with E-state index in [0.29, 0.717) is 23.6 Å². The summed E-state index contributed by atoms with van der Waals surface area (Å²) in [4.78, 5) is 18.0. The number of aromatic nitrogens is 1. The van der Waals surface area contributed by atoms with Crippen LogP contribution in [-0.2, 0) is 0 Å². The van der Waals surface area contributed by atoms with Gasteiger partial charge in [-0.3, -0.25) is 9.78 Å². The number of hydrogen-bond acceptors (Lipinski definition) is 3. The summed E-state index contributed by atoms with van der Waals surface area (Å²) in [5, 5.41) is 0. The summed E-state index contributed by atoms with van der Waals surface area (Å²) in [6.07, 6.45) is 2.14. The Morgan fingerprint density at radius 2 is 2.31 bits per heavy atom. The van der Waals surface area contributed by atoms with Crippen molar-refractivity contribution in [3.05, 3.63) is 29.6 Å². The van der Waals surface area contributed by atoms with E-state index in [1.807, 2.05) is 13.0 Å². The number of nitrogens with two attached hydrogens (primary N) is 1. The van der Waals surface area contributed by atoms with Gasteiger partial charge in [0.15, 0.2) is 0 Å². The van der Waals surface area contributed by atoms with E-state index in [1.54, 1.807) is 24.2 Å². The van der Waals surface area contributed by atoms with E-state index in [9.17, 15) is 4.79 Å². The van der Waals surface area contributed by atoms with E-state index in [4.69, 9.17) is 18.0 Å². The van der Waals surface area contributed by atoms with Crippen LogP contribution in [0.3, 0.4) is 0 Å². The molecule has 0 fully saturated rings. The Bertz CT molecular complexity index is 406. The van der Waals surface area contributed by atoms with E-state index in [1.165, 1.54) is 0 Å². The van der Waals surface area contributed by atoms with Gasteiger partial charge in [-0.1, -0.05) is 18.3 Å². The third-order valence-corrected chi connectivity index (χ3v) is 2.46. The van der Waals surface area contributed by atoms with Gasteiger partial charge in [-0.25, -0.2) is 0 Å². The molecule has 1 heterocycles. The predicted octanol–water partition coefficient (Wildman–Crippen LogP) is 1.14. The molecule has 0 aromatic carbocycles. The standard InChI is InChI=1S/C11H15N3OS/c1-8-4-3-6-13-10(8)11(15)14(2)7-5-9(12)16/h3-4,6H,5,7H2,1-2H3,(H2,12,16). The van der Waals surface area contributed by atoms with Crippen molar-refractivity contribution in [3.63, 3.8) is 0 Å². The average Bonchev–Trinajstić information content (AvgIpc) is 2.25. The second-order valence-electron chi connectivity index (χ2n) is 3.61. The molecular weight excluding hydrogens is 222 g/mol. The van der Waals surface area contributed by atoms with Gasteiger partial charge >= 0.3 is 0 Å². The number of pyridine rings is 1. The highest BCUT2D eigenvalue weighted by atomic mass is 32.1. The summed E-state index contributed by atoms with van der Waals surface area (Å²) in [5.41, 5.74) is 6.74. The lowest BCUT2D eigenvalue weighted by Gasteiger charge is -2.17. The lowest BCUT2D eigenvalue weighted by molar-refractivity contribution is 0.0792. The summed E-state index contributed by atoms with van der Waals surface area (Å²) in [5.74, 6) is -0.102. The fraction of sp³-hybridized carbons (Fsp3) is 0.364. The monoisotopic (exact) mass is 237 g/mol. The molecule has 16 heavy (non-hydrogen) atoms. The molecule has 1 aromatic rings. The quantitative estimate of drug-likeness (QED) is 0.798. The molecule has 1 rings (SSSR count). The van der Waals surface area contributed by atoms with Crippen molar-refractivity contribution in [2.75, 3.05) is 13.6 Å². The normalized spacial score (nSPS) is 9.88. The molecule has 1 aromatic heterocycles. The fourth-order valence-electron chi connectivity index (χ4n) is 1.27. The zero-order valence-corrected chi connectivity index (χ0v) is 10.3. The molecule has 1 amide bonds. The number of aryl methyl sites for hydroxylation is 1. The smallest absolute Gasteiger partial charge is 0.272 e. The van der Waals surface area contributed by atoms with Crippen molar-refractivity contribution in [2.45, 2.75) is 13.3 Å². The molecule has 0 aliphatic rings. The number of carbonyl (C=O) groups is 1. The maximum Gasteiger partial charge on any atom is 0.272 e. The first kappa shape index (κ1) is 12.6. The molecular formula is C11H15N3OS. The SMILES string of the molecule is Cc1cccnc1C(=O)N(C)CCC(N)=S. The Morgan fingerprint density at radius 3 is 2.88 bits per heavy atom. The number of rotatable bonds is 4. The van der Waals surface area contributed by atoms with Gasteiger partial charge in [-0.2, -0.15) is 0 Å². The van der Waals surface area contributed by atoms with Crippen molar-refractivity contribution in [1.29, 1.82) is 0 Å². The minimum Gasteiger partial charge on any atom is -0.393 e. The minimum atomic E-state index is -0.102. The molecule has 0 saturated carbocycles. The molecule has 86 valence electrons. The van der Waals surface area contributed by atoms with Crippen LogP contribution in [0.25, 0.3) is 0 Å². The van der Waals surface area contributed by atoms with Crippen LogP contribution in [0.4, 0.5) is 0 Å². The summed E-state index contributed by atoms with van der Waals surface area (Å²) in [6.45, 7) is 2.38. The third kappa shape index (κ3) is 3.27. The second kappa shape index (κ2) is 5.55. The largest absolute Gasteiger partial charge is 0.393 e. The van der Waals surface area contributed by atoms with Crippen LogP contribution in [0.5, 0.6) is 0 Å². The predicted molar refractivity (Wildman–Crippen MR) is 67.3 cm³/mol. The van der Waals surface area contributed by atoms with E-state index < -0.39 is 0 Å². The van der Waals surface area contributed by atoms with Crippen molar-refractivity contribution in [2.24, 2.45) is 5.73 Å². The summed E-state index contributed by atoms with van der Waals surface area (Å²) in [6, 6.07) is 3.67. The third-order valence-electron chi connectivity index (χ3n) is 2.25. The number of carbonyl (C=O) groups excluding carboxylic acids is 1. The number of thiocarbonyl (C=S) groups is 1. The van der Waals surface area contributed by atoms with E-state index >= 15 is 0 Å². The van der Waals surface area contributed by atoms with Gasteiger partial charge in [0.25, 0.3) is 5.91 Å². The van der Waals surface area contributed by atoms with Gasteiger partial charge in [0.1, 0.15) is 5.69 Å². The maximum absolute atomic E-state index is 12.0. The number of amides is 1. The topological polar surface area (TPSA) is 59.2 Å². The molecule has 0 aliphatic heterocycles. The number of hydrogen-bond donors (Lipinski definition) is 1. The zero-order valence-electron chi connectivity index (χ0n) is 9.43. The summed E-state index contributed by atoms with van der Waals surface area (Å²) in [7, 11) is 1.72. The molecule has 2 N–H and O–H groups in total. The maximum atomic E-state index is 12.0. The van der Waals surface area contributed by atoms with E-state index in [-0.39, 0.29) is 5.91 Å². The highest BCUT2D eigenvalue weighted by molar-refractivity contribution is 7.80. The van der Waals surface area contributed by atoms with Crippen LogP contribution in [0, 0.1) is 6.92 Å². The Kier molecular flexibility index (Phi) is 4.37. The van der Waals surface area contributed by atoms with Crippen molar-refractivity contribution in [1.82, 2.24) is 9.88 Å². The lowest BCUT2D eigenvalue weighted by atomic mass is 10.2. The van der Waals surface area contributed by atoms with E-state index in [2.05, 4.69) is 4.98 Å². The first-order valence-corrected chi connectivity index (χ1v) is 5.38. The molecule has 0 radical (unpaired) electrons. The van der Waals surface area contributed by atoms with Gasteiger partial charge in [0, 0.05) is 26.2 Å². The molecule has 0 atom stereocenters. The van der Waals surface area contributed by atoms with Gasteiger partial charge in [0.05, 0.1) is 4.99 Å². The first-order chi connectivity index (χ1) is 7.52. The Hall–Kier alpha value is -1.49. The first-order valence-electron chi connectivity index (χ1n) is 4.97. The highest BCUT2D eigenvalue weighted by Crippen LogP contribution is 2.06. The van der Waals surface area contributed by atoms with Crippen LogP contribution in [0.2, 0.25) is 0 Å². The molecule has 0 aliphatic carbocycles. The van der Waals surface area contributed by atoms with E-state index in [0.717, 1.165) is 5.56 Å². The van der Waals surface area contributed by atoms with Crippen LogP contribution in [0.15, 0.2) is 18.3 Å². The van der Waals surface area contributed by atoms with Gasteiger partial charge in [-0.05, 0) is 18.6 Å². The molecule has 4 nitrogen and oxygen atoms in total. The number of nitrogens with zero attached hydrogens (tertiary/aromatic N) is 2. The highest BCUT2D eigenvalue weighted by Gasteiger charge is 2.14. The fourth-order valence-corrected chi connectivity index (χ4v) is 1.36. The Labute approximate surface area is 100 Å². The van der Waals surface area contributed by atoms with Crippen LogP contribution >= 0.6 is 12.2 Å². The zero-order chi connectivity index (χ0) is 12.1. The van der Waals surface area contributed by atoms with Crippen molar-refractivity contribution < 1.29 is 4.79 Å². The molecule has 0 bridgehead atoms. The molecule has 5 heteroatoms. The van der Waals surface area contributed by atoms with Crippen molar-refractivity contribution in [3.8, 4) is 0 Å². The van der Waals surface area contributed by atoms with Gasteiger partial charge < -0.3 is 10.6 Å². The second-order valence-corrected chi connectivity index (χ2v) is 4.14. The summed E-state index contributed by atoms with van der Waals surface area (Å²) < 4.78 is 0. The molecule has 0 unspecified atom stereocenters. The van der Waals surface area contributed by atoms with Crippen LogP contribution in [0.1, 0.15) is 22.5 Å². The Morgan fingerprint density at radius 1 is 1.62 bits per heavy atom. The molecule has 0 spiro atoms. The van der Waals surface area contributed by atoms with Crippen LogP contribution in [-0.4, -0.2) is 34.4 Å². The van der Waals surface area contributed by atoms with Crippen molar-refractivity contribution >= 4 is 23.1 Å². The lowest BCUT2D eigenvalue weighted by Crippen LogP contribution is -2.31. The molecule has 0 saturated heterocycles. The Balaban J connectivity index is 2.71. The van der Waals surface area contributed by atoms with Gasteiger partial charge in [-0.15, -0.1) is 0 Å². The van der Waals surface area contributed by atoms with Gasteiger partial charge in [0.2, 0.25) is 0 Å². The van der Waals surface area contributed by atoms with Crippen LogP contribution < -0.4 is 5.73 Å². The average molecular weight is 237 g/mol.